The Hall–Kier alpha value is -3.27. The van der Waals surface area contributed by atoms with Gasteiger partial charge >= 0.3 is 5.97 Å². The van der Waals surface area contributed by atoms with Crippen molar-refractivity contribution in [3.05, 3.63) is 90.0 Å². The van der Waals surface area contributed by atoms with Gasteiger partial charge in [-0.2, -0.15) is 0 Å². The van der Waals surface area contributed by atoms with E-state index in [0.717, 1.165) is 17.0 Å². The molecule has 0 atom stereocenters. The van der Waals surface area contributed by atoms with E-state index in [1.165, 1.54) is 0 Å². The molecule has 0 aliphatic carbocycles. The molecular formula is C22H21NO3. The van der Waals surface area contributed by atoms with Crippen LogP contribution < -0.4 is 9.64 Å². The predicted molar refractivity (Wildman–Crippen MR) is 103 cm³/mol. The zero-order chi connectivity index (χ0) is 18.4. The van der Waals surface area contributed by atoms with Crippen molar-refractivity contribution in [2.45, 2.75) is 6.61 Å². The van der Waals surface area contributed by atoms with Crippen LogP contribution in [0.15, 0.2) is 78.9 Å². The lowest BCUT2D eigenvalue weighted by atomic mass is 10.2. The summed E-state index contributed by atoms with van der Waals surface area (Å²) in [7, 11) is 3.91. The summed E-state index contributed by atoms with van der Waals surface area (Å²) in [6, 6.07) is 24.4. The molecule has 0 N–H and O–H groups in total. The van der Waals surface area contributed by atoms with Crippen LogP contribution in [0.1, 0.15) is 15.9 Å². The molecule has 4 heteroatoms. The fraction of sp³-hybridized carbons (Fsp3) is 0.136. The smallest absolute Gasteiger partial charge is 0.338 e. The van der Waals surface area contributed by atoms with Crippen LogP contribution >= 0.6 is 0 Å². The summed E-state index contributed by atoms with van der Waals surface area (Å²) >= 11 is 0. The molecular weight excluding hydrogens is 326 g/mol. The summed E-state index contributed by atoms with van der Waals surface area (Å²) in [5.74, 6) is 1.06. The number of benzene rings is 3. The van der Waals surface area contributed by atoms with Crippen LogP contribution in [0.25, 0.3) is 0 Å². The predicted octanol–water partition coefficient (Wildman–Crippen LogP) is 4.90. The molecule has 0 aromatic heterocycles. The van der Waals surface area contributed by atoms with Crippen LogP contribution in [0, 0.1) is 0 Å². The third-order valence-corrected chi connectivity index (χ3v) is 3.92. The van der Waals surface area contributed by atoms with E-state index in [4.69, 9.17) is 9.47 Å². The summed E-state index contributed by atoms with van der Waals surface area (Å²) < 4.78 is 11.4. The Morgan fingerprint density at radius 1 is 0.846 bits per heavy atom. The van der Waals surface area contributed by atoms with Crippen molar-refractivity contribution >= 4 is 11.7 Å². The second-order valence-corrected chi connectivity index (χ2v) is 6.04. The minimum Gasteiger partial charge on any atom is -0.457 e. The Morgan fingerprint density at radius 2 is 1.50 bits per heavy atom. The molecule has 0 aliphatic rings. The van der Waals surface area contributed by atoms with Crippen molar-refractivity contribution in [1.29, 1.82) is 0 Å². The number of hydrogen-bond donors (Lipinski definition) is 0. The normalized spacial score (nSPS) is 10.2. The Bertz CT molecular complexity index is 858. The average molecular weight is 347 g/mol. The maximum atomic E-state index is 12.3. The summed E-state index contributed by atoms with van der Waals surface area (Å²) in [6.45, 7) is 0.150. The molecule has 26 heavy (non-hydrogen) atoms. The van der Waals surface area contributed by atoms with E-state index in [1.807, 2.05) is 85.7 Å². The first kappa shape index (κ1) is 17.5. The zero-order valence-corrected chi connectivity index (χ0v) is 14.9. The number of ether oxygens (including phenoxy) is 2. The minimum absolute atomic E-state index is 0.150. The summed E-state index contributed by atoms with van der Waals surface area (Å²) in [4.78, 5) is 14.3. The molecule has 0 aliphatic heterocycles. The van der Waals surface area contributed by atoms with Crippen molar-refractivity contribution in [2.75, 3.05) is 19.0 Å². The summed E-state index contributed by atoms with van der Waals surface area (Å²) in [5.41, 5.74) is 2.37. The molecule has 0 saturated carbocycles. The molecule has 0 radical (unpaired) electrons. The molecule has 4 nitrogen and oxygen atoms in total. The third-order valence-electron chi connectivity index (χ3n) is 3.92. The number of esters is 1. The van der Waals surface area contributed by atoms with E-state index >= 15 is 0 Å². The molecule has 0 saturated heterocycles. The molecule has 3 aromatic rings. The van der Waals surface area contributed by atoms with Gasteiger partial charge in [-0.1, -0.05) is 36.4 Å². The third kappa shape index (κ3) is 4.42. The van der Waals surface area contributed by atoms with Gasteiger partial charge in [0.15, 0.2) is 0 Å². The van der Waals surface area contributed by atoms with Gasteiger partial charge in [0.1, 0.15) is 18.1 Å². The van der Waals surface area contributed by atoms with E-state index in [2.05, 4.69) is 0 Å². The Labute approximate surface area is 153 Å². The largest absolute Gasteiger partial charge is 0.457 e. The number of rotatable bonds is 6. The molecule has 0 heterocycles. The first-order valence-electron chi connectivity index (χ1n) is 8.39. The van der Waals surface area contributed by atoms with E-state index in [9.17, 15) is 4.79 Å². The highest BCUT2D eigenvalue weighted by atomic mass is 16.5. The monoisotopic (exact) mass is 347 g/mol. The average Bonchev–Trinajstić information content (AvgIpc) is 2.68. The molecule has 132 valence electrons. The van der Waals surface area contributed by atoms with Crippen molar-refractivity contribution < 1.29 is 14.3 Å². The van der Waals surface area contributed by atoms with Gasteiger partial charge in [-0.3, -0.25) is 0 Å². The first-order chi connectivity index (χ1) is 12.6. The number of para-hydroxylation sites is 2. The van der Waals surface area contributed by atoms with Crippen molar-refractivity contribution in [3.8, 4) is 11.5 Å². The molecule has 0 unspecified atom stereocenters. The summed E-state index contributed by atoms with van der Waals surface area (Å²) in [5, 5.41) is 0. The quantitative estimate of drug-likeness (QED) is 0.594. The molecule has 0 amide bonds. The molecule has 0 bridgehead atoms. The highest BCUT2D eigenvalue weighted by molar-refractivity contribution is 5.89. The first-order valence-corrected chi connectivity index (χ1v) is 8.39. The second-order valence-electron chi connectivity index (χ2n) is 6.04. The molecule has 0 fully saturated rings. The number of nitrogens with zero attached hydrogens (tertiary/aromatic N) is 1. The van der Waals surface area contributed by atoms with Crippen LogP contribution in [0.3, 0.4) is 0 Å². The SMILES string of the molecule is CN(C)c1ccc(C(=O)OCc2ccccc2Oc2ccccc2)cc1. The fourth-order valence-electron chi connectivity index (χ4n) is 2.46. The van der Waals surface area contributed by atoms with E-state index in [-0.39, 0.29) is 12.6 Å². The highest BCUT2D eigenvalue weighted by Gasteiger charge is 2.10. The highest BCUT2D eigenvalue weighted by Crippen LogP contribution is 2.26. The van der Waals surface area contributed by atoms with Crippen molar-refractivity contribution in [3.63, 3.8) is 0 Å². The molecule has 0 spiro atoms. The lowest BCUT2D eigenvalue weighted by Crippen LogP contribution is -2.10. The van der Waals surface area contributed by atoms with Gasteiger partial charge in [-0.05, 0) is 42.5 Å². The maximum Gasteiger partial charge on any atom is 0.338 e. The second kappa shape index (κ2) is 8.21. The topological polar surface area (TPSA) is 38.8 Å². The lowest BCUT2D eigenvalue weighted by Gasteiger charge is -2.13. The molecule has 3 aromatic carbocycles. The van der Waals surface area contributed by atoms with Gasteiger partial charge in [0.2, 0.25) is 0 Å². The van der Waals surface area contributed by atoms with Crippen LogP contribution in [0.4, 0.5) is 5.69 Å². The zero-order valence-electron chi connectivity index (χ0n) is 14.9. The standard InChI is InChI=1S/C22H21NO3/c1-23(2)19-14-12-17(13-15-19)22(24)25-16-18-8-6-7-11-21(18)26-20-9-4-3-5-10-20/h3-15H,16H2,1-2H3. The number of carbonyl (C=O) groups excluding carboxylic acids is 1. The van der Waals surface area contributed by atoms with Crippen LogP contribution in [-0.2, 0) is 11.3 Å². The van der Waals surface area contributed by atoms with Crippen molar-refractivity contribution in [2.24, 2.45) is 0 Å². The fourth-order valence-corrected chi connectivity index (χ4v) is 2.46. The van der Waals surface area contributed by atoms with E-state index < -0.39 is 0 Å². The van der Waals surface area contributed by atoms with Gasteiger partial charge < -0.3 is 14.4 Å². The Morgan fingerprint density at radius 3 is 2.19 bits per heavy atom. The number of hydrogen-bond acceptors (Lipinski definition) is 4. The van der Waals surface area contributed by atoms with E-state index in [1.54, 1.807) is 12.1 Å². The van der Waals surface area contributed by atoms with Gasteiger partial charge in [-0.15, -0.1) is 0 Å². The van der Waals surface area contributed by atoms with Crippen LogP contribution in [0.5, 0.6) is 11.5 Å². The van der Waals surface area contributed by atoms with Gasteiger partial charge in [0, 0.05) is 25.3 Å². The van der Waals surface area contributed by atoms with Crippen LogP contribution in [0.2, 0.25) is 0 Å². The van der Waals surface area contributed by atoms with Crippen LogP contribution in [-0.4, -0.2) is 20.1 Å². The Balaban J connectivity index is 1.67. The van der Waals surface area contributed by atoms with Gasteiger partial charge in [0.25, 0.3) is 0 Å². The Kier molecular flexibility index (Phi) is 5.54. The number of anilines is 1. The van der Waals surface area contributed by atoms with Gasteiger partial charge in [-0.25, -0.2) is 4.79 Å². The number of carbonyl (C=O) groups is 1. The van der Waals surface area contributed by atoms with Gasteiger partial charge in [0.05, 0.1) is 5.56 Å². The van der Waals surface area contributed by atoms with Crippen molar-refractivity contribution in [1.82, 2.24) is 0 Å². The minimum atomic E-state index is -0.357. The van der Waals surface area contributed by atoms with E-state index in [0.29, 0.717) is 11.3 Å². The molecule has 3 rings (SSSR count). The maximum absolute atomic E-state index is 12.3. The summed E-state index contributed by atoms with van der Waals surface area (Å²) in [6.07, 6.45) is 0. The lowest BCUT2D eigenvalue weighted by molar-refractivity contribution is 0.0471.